The Kier molecular flexibility index (Phi) is 7.42. The van der Waals surface area contributed by atoms with E-state index in [1.807, 2.05) is 6.92 Å². The Labute approximate surface area is 128 Å². The van der Waals surface area contributed by atoms with Gasteiger partial charge in [0.05, 0.1) is 0 Å². The van der Waals surface area contributed by atoms with Gasteiger partial charge in [-0.3, -0.25) is 0 Å². The summed E-state index contributed by atoms with van der Waals surface area (Å²) in [5.41, 5.74) is 0. The fourth-order valence-electron chi connectivity index (χ4n) is 1.52. The topological polar surface area (TPSA) is 80.3 Å². The summed E-state index contributed by atoms with van der Waals surface area (Å²) in [4.78, 5) is 4.16. The molecule has 0 bridgehead atoms. The van der Waals surface area contributed by atoms with Crippen molar-refractivity contribution < 1.29 is 13.2 Å². The number of hydrogen-bond donors (Lipinski definition) is 2. The molecular formula is C12H20BrN3O3S. The first-order valence-corrected chi connectivity index (χ1v) is 8.69. The third-order valence-electron chi connectivity index (χ3n) is 2.45. The summed E-state index contributed by atoms with van der Waals surface area (Å²) in [7, 11) is -1.95. The smallest absolute Gasteiger partial charge is 0.244 e. The van der Waals surface area contributed by atoms with Crippen molar-refractivity contribution in [1.82, 2.24) is 9.71 Å². The molecule has 6 nitrogen and oxygen atoms in total. The summed E-state index contributed by atoms with van der Waals surface area (Å²) < 4.78 is 32.9. The minimum absolute atomic E-state index is 0.129. The van der Waals surface area contributed by atoms with E-state index in [2.05, 4.69) is 31.0 Å². The number of rotatable bonds is 9. The van der Waals surface area contributed by atoms with Gasteiger partial charge in [0, 0.05) is 37.5 Å². The van der Waals surface area contributed by atoms with E-state index in [1.54, 1.807) is 13.2 Å². The van der Waals surface area contributed by atoms with Gasteiger partial charge in [-0.15, -0.1) is 0 Å². The standard InChI is InChI=1S/C12H20BrN3O3S/c1-3-6-19-7-4-5-16-20(17,18)11-8-10(13)9-15-12(11)14-2/h8-9,16H,3-7H2,1-2H3,(H,14,15). The molecule has 0 aliphatic rings. The Hall–Kier alpha value is -0.700. The van der Waals surface area contributed by atoms with Crippen molar-refractivity contribution in [2.45, 2.75) is 24.7 Å². The van der Waals surface area contributed by atoms with E-state index in [-0.39, 0.29) is 4.90 Å². The van der Waals surface area contributed by atoms with Crippen molar-refractivity contribution in [2.24, 2.45) is 0 Å². The molecular weight excluding hydrogens is 346 g/mol. The summed E-state index contributed by atoms with van der Waals surface area (Å²) in [6.45, 7) is 3.61. The van der Waals surface area contributed by atoms with Crippen LogP contribution in [-0.4, -0.2) is 40.2 Å². The zero-order valence-electron chi connectivity index (χ0n) is 11.6. The van der Waals surface area contributed by atoms with E-state index in [0.717, 1.165) is 6.42 Å². The molecule has 114 valence electrons. The van der Waals surface area contributed by atoms with E-state index < -0.39 is 10.0 Å². The molecule has 0 saturated carbocycles. The summed E-state index contributed by atoms with van der Waals surface area (Å²) >= 11 is 3.23. The van der Waals surface area contributed by atoms with E-state index in [4.69, 9.17) is 4.74 Å². The predicted molar refractivity (Wildman–Crippen MR) is 82.4 cm³/mol. The number of hydrogen-bond acceptors (Lipinski definition) is 5. The van der Waals surface area contributed by atoms with E-state index in [1.165, 1.54) is 6.07 Å². The van der Waals surface area contributed by atoms with Gasteiger partial charge in [-0.25, -0.2) is 18.1 Å². The average molecular weight is 366 g/mol. The van der Waals surface area contributed by atoms with Crippen LogP contribution < -0.4 is 10.0 Å². The van der Waals surface area contributed by atoms with Crippen molar-refractivity contribution in [3.8, 4) is 0 Å². The Morgan fingerprint density at radius 1 is 1.40 bits per heavy atom. The number of sulfonamides is 1. The van der Waals surface area contributed by atoms with E-state index in [0.29, 0.717) is 36.5 Å². The van der Waals surface area contributed by atoms with Gasteiger partial charge in [0.15, 0.2) is 0 Å². The SMILES string of the molecule is CCCOCCCNS(=O)(=O)c1cc(Br)cnc1NC. The van der Waals surface area contributed by atoms with Crippen molar-refractivity contribution in [3.63, 3.8) is 0 Å². The first kappa shape index (κ1) is 17.4. The molecule has 0 radical (unpaired) electrons. The number of halogens is 1. The Morgan fingerprint density at radius 3 is 2.80 bits per heavy atom. The molecule has 8 heteroatoms. The number of ether oxygens (including phenoxy) is 1. The average Bonchev–Trinajstić information content (AvgIpc) is 2.42. The van der Waals surface area contributed by atoms with Crippen LogP contribution in [0.4, 0.5) is 5.82 Å². The zero-order valence-corrected chi connectivity index (χ0v) is 14.1. The van der Waals surface area contributed by atoms with E-state index in [9.17, 15) is 8.42 Å². The molecule has 0 aromatic carbocycles. The molecule has 0 saturated heterocycles. The second kappa shape index (κ2) is 8.56. The number of nitrogens with one attached hydrogen (secondary N) is 2. The normalized spacial score (nSPS) is 11.6. The molecule has 1 heterocycles. The highest BCUT2D eigenvalue weighted by Crippen LogP contribution is 2.22. The maximum Gasteiger partial charge on any atom is 0.244 e. The molecule has 1 aromatic heterocycles. The maximum atomic E-state index is 12.2. The lowest BCUT2D eigenvalue weighted by Gasteiger charge is -2.11. The summed E-state index contributed by atoms with van der Waals surface area (Å²) in [5.74, 6) is 0.322. The zero-order chi connectivity index (χ0) is 15.0. The van der Waals surface area contributed by atoms with Gasteiger partial charge in [-0.1, -0.05) is 6.92 Å². The lowest BCUT2D eigenvalue weighted by molar-refractivity contribution is 0.133. The van der Waals surface area contributed by atoms with Gasteiger partial charge in [-0.05, 0) is 34.8 Å². The number of nitrogens with zero attached hydrogens (tertiary/aromatic N) is 1. The molecule has 0 atom stereocenters. The Morgan fingerprint density at radius 2 is 2.15 bits per heavy atom. The maximum absolute atomic E-state index is 12.2. The first-order chi connectivity index (χ1) is 9.51. The molecule has 1 aromatic rings. The first-order valence-electron chi connectivity index (χ1n) is 6.42. The van der Waals surface area contributed by atoms with Gasteiger partial charge in [0.1, 0.15) is 10.7 Å². The number of anilines is 1. The van der Waals surface area contributed by atoms with Crippen LogP contribution in [0.15, 0.2) is 21.6 Å². The summed E-state index contributed by atoms with van der Waals surface area (Å²) in [5, 5.41) is 2.77. The highest BCUT2D eigenvalue weighted by molar-refractivity contribution is 9.10. The minimum atomic E-state index is -3.58. The largest absolute Gasteiger partial charge is 0.381 e. The van der Waals surface area contributed by atoms with Crippen LogP contribution in [0.25, 0.3) is 0 Å². The number of pyridine rings is 1. The molecule has 0 aliphatic carbocycles. The lowest BCUT2D eigenvalue weighted by Crippen LogP contribution is -2.26. The molecule has 2 N–H and O–H groups in total. The summed E-state index contributed by atoms with van der Waals surface area (Å²) in [6, 6.07) is 1.52. The molecule has 20 heavy (non-hydrogen) atoms. The van der Waals surface area contributed by atoms with Crippen LogP contribution in [0.3, 0.4) is 0 Å². The van der Waals surface area contributed by atoms with Crippen LogP contribution in [0.2, 0.25) is 0 Å². The molecule has 1 rings (SSSR count). The Balaban J connectivity index is 2.62. The third kappa shape index (κ3) is 5.35. The quantitative estimate of drug-likeness (QED) is 0.654. The molecule has 0 unspecified atom stereocenters. The van der Waals surface area contributed by atoms with Gasteiger partial charge in [-0.2, -0.15) is 0 Å². The van der Waals surface area contributed by atoms with Crippen LogP contribution in [-0.2, 0) is 14.8 Å². The molecule has 0 aliphatic heterocycles. The fourth-order valence-corrected chi connectivity index (χ4v) is 3.26. The van der Waals surface area contributed by atoms with E-state index >= 15 is 0 Å². The fraction of sp³-hybridized carbons (Fsp3) is 0.583. The monoisotopic (exact) mass is 365 g/mol. The van der Waals surface area contributed by atoms with Crippen LogP contribution >= 0.6 is 15.9 Å². The van der Waals surface area contributed by atoms with Gasteiger partial charge in [0.25, 0.3) is 0 Å². The van der Waals surface area contributed by atoms with Crippen LogP contribution in [0.1, 0.15) is 19.8 Å². The van der Waals surface area contributed by atoms with Crippen molar-refractivity contribution in [3.05, 3.63) is 16.7 Å². The van der Waals surface area contributed by atoms with Crippen LogP contribution in [0.5, 0.6) is 0 Å². The molecule has 0 amide bonds. The van der Waals surface area contributed by atoms with Crippen molar-refractivity contribution in [2.75, 3.05) is 32.1 Å². The highest BCUT2D eigenvalue weighted by atomic mass is 79.9. The second-order valence-electron chi connectivity index (χ2n) is 4.11. The Bertz CT molecular complexity index is 523. The van der Waals surface area contributed by atoms with Gasteiger partial charge in [0.2, 0.25) is 10.0 Å². The number of aromatic nitrogens is 1. The summed E-state index contributed by atoms with van der Waals surface area (Å²) in [6.07, 6.45) is 3.14. The predicted octanol–water partition coefficient (Wildman–Crippen LogP) is 1.98. The van der Waals surface area contributed by atoms with Crippen molar-refractivity contribution in [1.29, 1.82) is 0 Å². The third-order valence-corrected chi connectivity index (χ3v) is 4.36. The van der Waals surface area contributed by atoms with Gasteiger partial charge < -0.3 is 10.1 Å². The van der Waals surface area contributed by atoms with Crippen molar-refractivity contribution >= 4 is 31.8 Å². The lowest BCUT2D eigenvalue weighted by atomic mass is 10.4. The highest BCUT2D eigenvalue weighted by Gasteiger charge is 2.19. The van der Waals surface area contributed by atoms with Gasteiger partial charge >= 0.3 is 0 Å². The second-order valence-corrected chi connectivity index (χ2v) is 6.77. The molecule has 0 fully saturated rings. The molecule has 0 spiro atoms. The van der Waals surface area contributed by atoms with Crippen LogP contribution in [0, 0.1) is 0 Å². The minimum Gasteiger partial charge on any atom is -0.381 e.